The number of carbonyl (C=O) groups excluding carboxylic acids is 1. The zero-order valence-corrected chi connectivity index (χ0v) is 13.4. The van der Waals surface area contributed by atoms with Crippen LogP contribution >= 0.6 is 0 Å². The Balaban J connectivity index is 1.76. The highest BCUT2D eigenvalue weighted by atomic mass is 19.4. The first-order valence-corrected chi connectivity index (χ1v) is 7.63. The number of carbonyl (C=O) groups is 1. The monoisotopic (exact) mass is 351 g/mol. The molecule has 0 saturated carbocycles. The Morgan fingerprint density at radius 1 is 1.20 bits per heavy atom. The molecule has 1 heterocycles. The molecule has 25 heavy (non-hydrogen) atoms. The molecule has 0 aromatic heterocycles. The summed E-state index contributed by atoms with van der Waals surface area (Å²) in [5.41, 5.74) is 1.27. The second-order valence-electron chi connectivity index (χ2n) is 5.68. The number of benzene rings is 2. The van der Waals surface area contributed by atoms with Crippen molar-refractivity contribution in [2.75, 3.05) is 13.7 Å². The van der Waals surface area contributed by atoms with Crippen molar-refractivity contribution in [2.24, 2.45) is 0 Å². The van der Waals surface area contributed by atoms with Crippen molar-refractivity contribution in [3.8, 4) is 5.75 Å². The van der Waals surface area contributed by atoms with Gasteiger partial charge in [0.2, 0.25) is 0 Å². The number of halogens is 3. The smallest absolute Gasteiger partial charge is 0.416 e. The zero-order chi connectivity index (χ0) is 18.0. The maximum Gasteiger partial charge on any atom is 0.416 e. The molecular weight excluding hydrogens is 335 g/mol. The number of esters is 1. The topological polar surface area (TPSA) is 47.6 Å². The van der Waals surface area contributed by atoms with Gasteiger partial charge in [0, 0.05) is 12.1 Å². The summed E-state index contributed by atoms with van der Waals surface area (Å²) in [6, 6.07) is 9.78. The predicted octanol–water partition coefficient (Wildman–Crippen LogP) is 3.72. The summed E-state index contributed by atoms with van der Waals surface area (Å²) in [4.78, 5) is 11.6. The molecule has 1 N–H and O–H groups in total. The van der Waals surface area contributed by atoms with Crippen LogP contribution in [0.25, 0.3) is 0 Å². The zero-order valence-electron chi connectivity index (χ0n) is 13.4. The van der Waals surface area contributed by atoms with Gasteiger partial charge in [-0.25, -0.2) is 4.79 Å². The Morgan fingerprint density at radius 3 is 2.56 bits per heavy atom. The highest BCUT2D eigenvalue weighted by molar-refractivity contribution is 5.89. The van der Waals surface area contributed by atoms with Gasteiger partial charge in [0.05, 0.1) is 24.3 Å². The molecule has 1 atom stereocenters. The quantitative estimate of drug-likeness (QED) is 0.838. The molecule has 0 spiro atoms. The summed E-state index contributed by atoms with van der Waals surface area (Å²) in [6.45, 7) is 0.714. The second-order valence-corrected chi connectivity index (χ2v) is 5.68. The van der Waals surface area contributed by atoms with E-state index >= 15 is 0 Å². The van der Waals surface area contributed by atoms with Gasteiger partial charge >= 0.3 is 12.1 Å². The second kappa shape index (κ2) is 6.76. The highest BCUT2D eigenvalue weighted by Gasteiger charge is 2.30. The summed E-state index contributed by atoms with van der Waals surface area (Å²) in [7, 11) is 1.30. The van der Waals surface area contributed by atoms with Crippen molar-refractivity contribution in [1.82, 2.24) is 5.32 Å². The first-order valence-electron chi connectivity index (χ1n) is 7.63. The lowest BCUT2D eigenvalue weighted by atomic mass is 10.0. The van der Waals surface area contributed by atoms with Crippen LogP contribution in [0.1, 0.15) is 33.1 Å². The molecule has 2 aromatic carbocycles. The minimum Gasteiger partial charge on any atom is -0.491 e. The van der Waals surface area contributed by atoms with Crippen molar-refractivity contribution < 1.29 is 27.4 Å². The van der Waals surface area contributed by atoms with E-state index in [-0.39, 0.29) is 12.6 Å². The third kappa shape index (κ3) is 3.76. The number of fused-ring (bicyclic) bond motifs is 1. The predicted molar refractivity (Wildman–Crippen MR) is 84.3 cm³/mol. The van der Waals surface area contributed by atoms with E-state index in [0.717, 1.165) is 17.7 Å². The van der Waals surface area contributed by atoms with Crippen molar-refractivity contribution in [3.05, 3.63) is 64.7 Å². The average molecular weight is 351 g/mol. The molecule has 0 bridgehead atoms. The fourth-order valence-corrected chi connectivity index (χ4v) is 2.66. The Labute approximate surface area is 142 Å². The van der Waals surface area contributed by atoms with E-state index in [0.29, 0.717) is 23.4 Å². The van der Waals surface area contributed by atoms with Gasteiger partial charge < -0.3 is 14.8 Å². The Bertz CT molecular complexity index is 772. The highest BCUT2D eigenvalue weighted by Crippen LogP contribution is 2.31. The molecule has 0 amide bonds. The van der Waals surface area contributed by atoms with Gasteiger partial charge in [-0.3, -0.25) is 0 Å². The van der Waals surface area contributed by atoms with E-state index in [2.05, 4.69) is 10.1 Å². The fraction of sp³-hybridized carbons (Fsp3) is 0.278. The van der Waals surface area contributed by atoms with E-state index in [1.54, 1.807) is 18.2 Å². The number of ether oxygens (including phenoxy) is 2. The molecule has 0 aliphatic carbocycles. The van der Waals surface area contributed by atoms with Gasteiger partial charge in [0.25, 0.3) is 0 Å². The van der Waals surface area contributed by atoms with Gasteiger partial charge in [0.1, 0.15) is 12.4 Å². The fourth-order valence-electron chi connectivity index (χ4n) is 2.66. The number of hydrogen-bond acceptors (Lipinski definition) is 4. The lowest BCUT2D eigenvalue weighted by Crippen LogP contribution is -2.23. The number of nitrogens with one attached hydrogen (secondary N) is 1. The summed E-state index contributed by atoms with van der Waals surface area (Å²) < 4.78 is 48.4. The minimum atomic E-state index is -4.35. The minimum absolute atomic E-state index is 0.239. The molecular formula is C18H16F3NO3. The summed E-state index contributed by atoms with van der Waals surface area (Å²) in [5.74, 6) is 0.104. The van der Waals surface area contributed by atoms with Crippen LogP contribution in [0.2, 0.25) is 0 Å². The summed E-state index contributed by atoms with van der Waals surface area (Å²) in [6.07, 6.45) is -4.35. The van der Waals surface area contributed by atoms with Crippen LogP contribution in [0, 0.1) is 0 Å². The molecule has 0 fully saturated rings. The molecule has 0 saturated heterocycles. The molecule has 1 aliphatic heterocycles. The molecule has 132 valence electrons. The van der Waals surface area contributed by atoms with Gasteiger partial charge in [0.15, 0.2) is 0 Å². The maximum atomic E-state index is 12.7. The number of hydrogen-bond donors (Lipinski definition) is 1. The Kier molecular flexibility index (Phi) is 4.67. The number of rotatable bonds is 2. The van der Waals surface area contributed by atoms with Gasteiger partial charge in [-0.1, -0.05) is 18.2 Å². The first kappa shape index (κ1) is 17.3. The van der Waals surface area contributed by atoms with Crippen molar-refractivity contribution in [1.29, 1.82) is 0 Å². The van der Waals surface area contributed by atoms with E-state index in [1.807, 2.05) is 0 Å². The van der Waals surface area contributed by atoms with Crippen LogP contribution in [0.3, 0.4) is 0 Å². The largest absolute Gasteiger partial charge is 0.491 e. The third-order valence-electron chi connectivity index (χ3n) is 4.07. The summed E-state index contributed by atoms with van der Waals surface area (Å²) >= 11 is 0. The first-order chi connectivity index (χ1) is 11.9. The van der Waals surface area contributed by atoms with Crippen LogP contribution in [0.5, 0.6) is 5.75 Å². The van der Waals surface area contributed by atoms with E-state index in [1.165, 1.54) is 19.2 Å². The van der Waals surface area contributed by atoms with E-state index < -0.39 is 17.7 Å². The Hall–Kier alpha value is -2.54. The molecule has 1 aliphatic rings. The standard InChI is InChI=1S/C18H16F3NO3/c1-24-17(23)12-2-3-13-9-22-15(10-25-16(13)8-12)11-4-6-14(7-5-11)18(19,20)21/h2-8,15,22H,9-10H2,1H3. The van der Waals surface area contributed by atoms with Crippen LogP contribution in [-0.4, -0.2) is 19.7 Å². The van der Waals surface area contributed by atoms with Crippen molar-refractivity contribution in [2.45, 2.75) is 18.8 Å². The third-order valence-corrected chi connectivity index (χ3v) is 4.07. The molecule has 0 radical (unpaired) electrons. The van der Waals surface area contributed by atoms with Crippen LogP contribution < -0.4 is 10.1 Å². The van der Waals surface area contributed by atoms with E-state index in [4.69, 9.17) is 4.74 Å². The number of methoxy groups -OCH3 is 1. The van der Waals surface area contributed by atoms with E-state index in [9.17, 15) is 18.0 Å². The molecule has 7 heteroatoms. The SMILES string of the molecule is COC(=O)c1ccc2c(c1)OCC(c1ccc(C(F)(F)F)cc1)NC2. The van der Waals surface area contributed by atoms with Crippen molar-refractivity contribution in [3.63, 3.8) is 0 Å². The van der Waals surface area contributed by atoms with Crippen LogP contribution in [0.15, 0.2) is 42.5 Å². The van der Waals surface area contributed by atoms with Gasteiger partial charge in [-0.15, -0.1) is 0 Å². The molecule has 3 rings (SSSR count). The lowest BCUT2D eigenvalue weighted by Gasteiger charge is -2.16. The maximum absolute atomic E-state index is 12.7. The molecule has 4 nitrogen and oxygen atoms in total. The lowest BCUT2D eigenvalue weighted by molar-refractivity contribution is -0.137. The Morgan fingerprint density at radius 2 is 1.92 bits per heavy atom. The molecule has 2 aromatic rings. The van der Waals surface area contributed by atoms with Crippen LogP contribution in [0.4, 0.5) is 13.2 Å². The van der Waals surface area contributed by atoms with Crippen LogP contribution in [-0.2, 0) is 17.5 Å². The molecule has 1 unspecified atom stereocenters. The summed E-state index contributed by atoms with van der Waals surface area (Å²) in [5, 5.41) is 3.25. The number of alkyl halides is 3. The average Bonchev–Trinajstić information content (AvgIpc) is 2.82. The van der Waals surface area contributed by atoms with Gasteiger partial charge in [-0.05, 0) is 29.8 Å². The normalized spacial score (nSPS) is 17.2. The van der Waals surface area contributed by atoms with Gasteiger partial charge in [-0.2, -0.15) is 13.2 Å². The van der Waals surface area contributed by atoms with Crippen molar-refractivity contribution >= 4 is 5.97 Å².